The Balaban J connectivity index is 1.71. The first-order valence-corrected chi connectivity index (χ1v) is 11.6. The van der Waals surface area contributed by atoms with Crippen molar-refractivity contribution in [3.63, 3.8) is 0 Å². The zero-order valence-corrected chi connectivity index (χ0v) is 18.1. The maximum Gasteiger partial charge on any atom is 0.236 e. The topological polar surface area (TPSA) is 72.6 Å². The molecule has 158 valence electrons. The second kappa shape index (κ2) is 8.52. The van der Waals surface area contributed by atoms with Crippen LogP contribution >= 0.6 is 0 Å². The normalized spacial score (nSPS) is 15.3. The van der Waals surface area contributed by atoms with Crippen LogP contribution in [0.15, 0.2) is 68.9 Å². The van der Waals surface area contributed by atoms with Gasteiger partial charge >= 0.3 is 0 Å². The Morgan fingerprint density at radius 2 is 1.73 bits per heavy atom. The molecule has 0 amide bonds. The fourth-order valence-corrected chi connectivity index (χ4v) is 4.99. The highest BCUT2D eigenvalue weighted by atomic mass is 32.2. The lowest BCUT2D eigenvalue weighted by atomic mass is 9.99. The van der Waals surface area contributed by atoms with Gasteiger partial charge in [-0.15, -0.1) is 0 Å². The van der Waals surface area contributed by atoms with Crippen molar-refractivity contribution in [3.8, 4) is 5.75 Å². The van der Waals surface area contributed by atoms with Gasteiger partial charge in [0.1, 0.15) is 5.75 Å². The van der Waals surface area contributed by atoms with E-state index in [1.54, 1.807) is 37.4 Å². The third-order valence-electron chi connectivity index (χ3n) is 5.52. The van der Waals surface area contributed by atoms with E-state index in [0.717, 1.165) is 37.2 Å². The number of sulfone groups is 1. The van der Waals surface area contributed by atoms with E-state index in [0.29, 0.717) is 24.1 Å². The average Bonchev–Trinajstić information content (AvgIpc) is 3.20. The lowest BCUT2D eigenvalue weighted by molar-refractivity contribution is 0.407. The molecule has 2 heterocycles. The highest BCUT2D eigenvalue weighted by Gasteiger charge is 2.32. The van der Waals surface area contributed by atoms with E-state index >= 15 is 0 Å². The smallest absolute Gasteiger partial charge is 0.236 e. The third kappa shape index (κ3) is 4.21. The van der Waals surface area contributed by atoms with Crippen LogP contribution in [0.1, 0.15) is 31.2 Å². The molecule has 1 aromatic heterocycles. The molecule has 6 nitrogen and oxygen atoms in total. The lowest BCUT2D eigenvalue weighted by Crippen LogP contribution is -2.33. The Morgan fingerprint density at radius 1 is 1.07 bits per heavy atom. The maximum absolute atomic E-state index is 13.3. The number of methoxy groups -OCH3 is 1. The Hall–Kier alpha value is -2.80. The predicted octanol–water partition coefficient (Wildman–Crippen LogP) is 4.34. The van der Waals surface area contributed by atoms with Crippen LogP contribution < -0.4 is 9.64 Å². The molecular formula is C23H26N2O4S. The van der Waals surface area contributed by atoms with Crippen LogP contribution in [-0.2, 0) is 16.3 Å². The number of ether oxygens (including phenoxy) is 1. The van der Waals surface area contributed by atoms with Gasteiger partial charge in [0.2, 0.25) is 26.6 Å². The Morgan fingerprint density at radius 3 is 2.37 bits per heavy atom. The molecule has 0 radical (unpaired) electrons. The van der Waals surface area contributed by atoms with E-state index in [9.17, 15) is 8.42 Å². The summed E-state index contributed by atoms with van der Waals surface area (Å²) in [7, 11) is -2.16. The second-order valence-electron chi connectivity index (χ2n) is 7.73. The number of rotatable bonds is 6. The molecular weight excluding hydrogens is 400 g/mol. The summed E-state index contributed by atoms with van der Waals surface area (Å²) in [5.41, 5.74) is 0.972. The van der Waals surface area contributed by atoms with E-state index in [-0.39, 0.29) is 9.92 Å². The summed E-state index contributed by atoms with van der Waals surface area (Å²) in [5.74, 6) is 2.14. The number of piperidine rings is 1. The number of benzene rings is 2. The summed E-state index contributed by atoms with van der Waals surface area (Å²) in [5, 5.41) is 0.00626. The number of oxazole rings is 1. The highest BCUT2D eigenvalue weighted by Crippen LogP contribution is 2.34. The fourth-order valence-electron chi connectivity index (χ4n) is 3.63. The number of hydrogen-bond donors (Lipinski definition) is 0. The van der Waals surface area contributed by atoms with Crippen molar-refractivity contribution in [2.75, 3.05) is 25.1 Å². The van der Waals surface area contributed by atoms with Crippen molar-refractivity contribution >= 4 is 15.7 Å². The SMILES string of the molecule is COc1ccc(Cc2nc(S(=O)(=O)c3ccccc3)c(N3CCC(C)CC3)o2)cc1. The molecule has 0 atom stereocenters. The van der Waals surface area contributed by atoms with Crippen molar-refractivity contribution < 1.29 is 17.6 Å². The van der Waals surface area contributed by atoms with Crippen LogP contribution in [0.25, 0.3) is 0 Å². The monoisotopic (exact) mass is 426 g/mol. The Kier molecular flexibility index (Phi) is 5.81. The fraction of sp³-hybridized carbons (Fsp3) is 0.348. The van der Waals surface area contributed by atoms with Crippen molar-refractivity contribution in [2.45, 2.75) is 36.1 Å². The highest BCUT2D eigenvalue weighted by molar-refractivity contribution is 7.91. The zero-order valence-electron chi connectivity index (χ0n) is 17.2. The average molecular weight is 427 g/mol. The van der Waals surface area contributed by atoms with Gasteiger partial charge in [0.15, 0.2) is 0 Å². The molecule has 30 heavy (non-hydrogen) atoms. The lowest BCUT2D eigenvalue weighted by Gasteiger charge is -2.30. The largest absolute Gasteiger partial charge is 0.497 e. The quantitative estimate of drug-likeness (QED) is 0.584. The summed E-state index contributed by atoms with van der Waals surface area (Å²) in [6, 6.07) is 16.0. The molecule has 1 aliphatic rings. The number of hydrogen-bond acceptors (Lipinski definition) is 6. The van der Waals surface area contributed by atoms with Crippen LogP contribution in [-0.4, -0.2) is 33.6 Å². The van der Waals surface area contributed by atoms with Gasteiger partial charge in [0.25, 0.3) is 0 Å². The molecule has 1 aliphatic heterocycles. The third-order valence-corrected chi connectivity index (χ3v) is 7.18. The summed E-state index contributed by atoms with van der Waals surface area (Å²) in [6.07, 6.45) is 2.41. The van der Waals surface area contributed by atoms with Crippen molar-refractivity contribution in [1.29, 1.82) is 0 Å². The summed E-state index contributed by atoms with van der Waals surface area (Å²) in [6.45, 7) is 3.74. The van der Waals surface area contributed by atoms with Gasteiger partial charge in [-0.25, -0.2) is 8.42 Å². The summed E-state index contributed by atoms with van der Waals surface area (Å²) >= 11 is 0. The van der Waals surface area contributed by atoms with Gasteiger partial charge in [0.05, 0.1) is 12.0 Å². The van der Waals surface area contributed by atoms with Gasteiger partial charge in [-0.2, -0.15) is 4.98 Å². The summed E-state index contributed by atoms with van der Waals surface area (Å²) < 4.78 is 38.0. The summed E-state index contributed by atoms with van der Waals surface area (Å²) in [4.78, 5) is 6.70. The molecule has 4 rings (SSSR count). The minimum Gasteiger partial charge on any atom is -0.497 e. The minimum atomic E-state index is -3.78. The number of anilines is 1. The van der Waals surface area contributed by atoms with Crippen LogP contribution in [0.4, 0.5) is 5.88 Å². The Labute approximate surface area is 177 Å². The molecule has 7 heteroatoms. The molecule has 0 N–H and O–H groups in total. The molecule has 0 aliphatic carbocycles. The first-order chi connectivity index (χ1) is 14.5. The molecule has 2 aromatic carbocycles. The Bertz CT molecular complexity index is 1080. The molecule has 0 unspecified atom stereocenters. The van der Waals surface area contributed by atoms with Crippen LogP contribution in [0.5, 0.6) is 5.75 Å². The first-order valence-electron chi connectivity index (χ1n) is 10.1. The van der Waals surface area contributed by atoms with Crippen molar-refractivity contribution in [1.82, 2.24) is 4.98 Å². The van der Waals surface area contributed by atoms with E-state index in [1.165, 1.54) is 0 Å². The molecule has 3 aromatic rings. The van der Waals surface area contributed by atoms with Crippen LogP contribution in [0.2, 0.25) is 0 Å². The van der Waals surface area contributed by atoms with Crippen molar-refractivity contribution in [2.24, 2.45) is 5.92 Å². The molecule has 0 bridgehead atoms. The van der Waals surface area contributed by atoms with Crippen LogP contribution in [0.3, 0.4) is 0 Å². The molecule has 0 spiro atoms. The second-order valence-corrected chi connectivity index (χ2v) is 9.59. The van der Waals surface area contributed by atoms with E-state index in [2.05, 4.69) is 11.9 Å². The number of aromatic nitrogens is 1. The van der Waals surface area contributed by atoms with E-state index < -0.39 is 9.84 Å². The zero-order chi connectivity index (χ0) is 21.1. The van der Waals surface area contributed by atoms with Crippen molar-refractivity contribution in [3.05, 3.63) is 66.1 Å². The van der Waals surface area contributed by atoms with E-state index in [4.69, 9.17) is 9.15 Å². The number of nitrogens with zero attached hydrogens (tertiary/aromatic N) is 2. The van der Waals surface area contributed by atoms with Gasteiger partial charge in [-0.05, 0) is 48.6 Å². The van der Waals surface area contributed by atoms with Gasteiger partial charge in [-0.3, -0.25) is 0 Å². The maximum atomic E-state index is 13.3. The molecule has 0 saturated carbocycles. The van der Waals surface area contributed by atoms with Gasteiger partial charge < -0.3 is 14.1 Å². The first kappa shape index (κ1) is 20.5. The van der Waals surface area contributed by atoms with Crippen LogP contribution in [0, 0.1) is 5.92 Å². The predicted molar refractivity (Wildman–Crippen MR) is 115 cm³/mol. The molecule has 1 saturated heterocycles. The molecule has 1 fully saturated rings. The standard InChI is InChI=1S/C23H26N2O4S/c1-17-12-14-25(15-13-17)23-22(30(26,27)20-6-4-3-5-7-20)24-21(29-23)16-18-8-10-19(28-2)11-9-18/h3-11,17H,12-16H2,1-2H3. The van der Waals surface area contributed by atoms with E-state index in [1.807, 2.05) is 29.2 Å². The van der Waals surface area contributed by atoms with Gasteiger partial charge in [0, 0.05) is 19.5 Å². The van der Waals surface area contributed by atoms with Gasteiger partial charge in [-0.1, -0.05) is 37.3 Å². The minimum absolute atomic E-state index is 0.00626.